The Morgan fingerprint density at radius 2 is 1.72 bits per heavy atom. The molecule has 0 unspecified atom stereocenters. The van der Waals surface area contributed by atoms with Gasteiger partial charge in [0.15, 0.2) is 0 Å². The number of benzene rings is 2. The molecule has 1 N–H and O–H groups in total. The molecule has 0 radical (unpaired) electrons. The highest BCUT2D eigenvalue weighted by Gasteiger charge is 2.51. The normalized spacial score (nSPS) is 20.0. The van der Waals surface area contributed by atoms with Crippen molar-refractivity contribution >= 4 is 11.9 Å². The summed E-state index contributed by atoms with van der Waals surface area (Å²) in [6.07, 6.45) is 2.17. The molecule has 1 atom stereocenters. The number of halogens is 1. The summed E-state index contributed by atoms with van der Waals surface area (Å²) in [5, 5.41) is 2.87. The fourth-order valence-corrected chi connectivity index (χ4v) is 3.22. The lowest BCUT2D eigenvalue weighted by atomic mass is 9.84. The van der Waals surface area contributed by atoms with E-state index in [4.69, 9.17) is 0 Å². The Morgan fingerprint density at radius 3 is 2.36 bits per heavy atom. The van der Waals surface area contributed by atoms with Crippen LogP contribution in [0, 0.1) is 5.82 Å². The Balaban J connectivity index is 1.94. The summed E-state index contributed by atoms with van der Waals surface area (Å²) in [6, 6.07) is 14.8. The van der Waals surface area contributed by atoms with Crippen LogP contribution in [0.25, 0.3) is 0 Å². The van der Waals surface area contributed by atoms with Crippen LogP contribution in [-0.4, -0.2) is 16.8 Å². The smallest absolute Gasteiger partial charge is 0.319 e. The molecule has 3 amide bonds. The van der Waals surface area contributed by atoms with Gasteiger partial charge in [0.05, 0.1) is 6.54 Å². The van der Waals surface area contributed by atoms with Crippen LogP contribution in [0.15, 0.2) is 54.6 Å². The largest absolute Gasteiger partial charge is 0.325 e. The van der Waals surface area contributed by atoms with Gasteiger partial charge in [-0.2, -0.15) is 0 Å². The van der Waals surface area contributed by atoms with Crippen molar-refractivity contribution < 1.29 is 14.0 Å². The first-order chi connectivity index (χ1) is 12.1. The summed E-state index contributed by atoms with van der Waals surface area (Å²) >= 11 is 0. The molecule has 0 saturated carbocycles. The van der Waals surface area contributed by atoms with Crippen molar-refractivity contribution in [3.63, 3.8) is 0 Å². The number of carbonyl (C=O) groups is 2. The number of carbonyl (C=O) groups excluding carboxylic acids is 2. The topological polar surface area (TPSA) is 49.4 Å². The van der Waals surface area contributed by atoms with Crippen molar-refractivity contribution in [1.82, 2.24) is 10.2 Å². The van der Waals surface area contributed by atoms with Crippen molar-refractivity contribution in [2.75, 3.05) is 0 Å². The highest BCUT2D eigenvalue weighted by atomic mass is 19.1. The minimum Gasteiger partial charge on any atom is -0.319 e. The highest BCUT2D eigenvalue weighted by molar-refractivity contribution is 6.07. The molecule has 130 valence electrons. The molecule has 2 aromatic rings. The average Bonchev–Trinajstić information content (AvgIpc) is 2.87. The standard InChI is InChI=1S/C20H21FN2O2/c1-2-3-13-20(16-9-11-17(21)12-10-16)18(24)23(19(25)22-20)14-15-7-5-4-6-8-15/h4-12H,2-3,13-14H2,1H3,(H,22,25)/t20-/m0/s1. The maximum Gasteiger partial charge on any atom is 0.325 e. The molecule has 1 aliphatic rings. The van der Waals surface area contributed by atoms with Crippen molar-refractivity contribution in [1.29, 1.82) is 0 Å². The lowest BCUT2D eigenvalue weighted by Crippen LogP contribution is -2.44. The van der Waals surface area contributed by atoms with E-state index in [0.717, 1.165) is 18.4 Å². The monoisotopic (exact) mass is 340 g/mol. The summed E-state index contributed by atoms with van der Waals surface area (Å²) in [5.41, 5.74) is 0.392. The molecule has 0 bridgehead atoms. The lowest BCUT2D eigenvalue weighted by Gasteiger charge is -2.27. The second-order valence-corrected chi connectivity index (χ2v) is 6.32. The Bertz CT molecular complexity index is 761. The molecule has 0 aromatic heterocycles. The van der Waals surface area contributed by atoms with Gasteiger partial charge >= 0.3 is 6.03 Å². The molecule has 2 aromatic carbocycles. The van der Waals surface area contributed by atoms with Gasteiger partial charge in [-0.3, -0.25) is 9.69 Å². The molecule has 1 aliphatic heterocycles. The quantitative estimate of drug-likeness (QED) is 0.809. The third-order valence-electron chi connectivity index (χ3n) is 4.60. The van der Waals surface area contributed by atoms with Gasteiger partial charge in [0.25, 0.3) is 5.91 Å². The second-order valence-electron chi connectivity index (χ2n) is 6.32. The van der Waals surface area contributed by atoms with Gasteiger partial charge in [0.1, 0.15) is 11.4 Å². The molecule has 1 heterocycles. The predicted octanol–water partition coefficient (Wildman–Crippen LogP) is 3.96. The molecule has 0 aliphatic carbocycles. The first-order valence-corrected chi connectivity index (χ1v) is 8.51. The first kappa shape index (κ1) is 17.1. The van der Waals surface area contributed by atoms with Crippen LogP contribution < -0.4 is 5.32 Å². The number of nitrogens with one attached hydrogen (secondary N) is 1. The SMILES string of the molecule is CCCC[C@@]1(c2ccc(F)cc2)NC(=O)N(Cc2ccccc2)C1=O. The molecule has 1 saturated heterocycles. The van der Waals surface area contributed by atoms with E-state index in [1.54, 1.807) is 12.1 Å². The highest BCUT2D eigenvalue weighted by Crippen LogP contribution is 2.35. The van der Waals surface area contributed by atoms with E-state index in [-0.39, 0.29) is 18.3 Å². The summed E-state index contributed by atoms with van der Waals surface area (Å²) in [7, 11) is 0. The number of nitrogens with zero attached hydrogens (tertiary/aromatic N) is 1. The van der Waals surface area contributed by atoms with Gasteiger partial charge in [0, 0.05) is 0 Å². The van der Waals surface area contributed by atoms with Gasteiger partial charge < -0.3 is 5.32 Å². The Labute approximate surface area is 146 Å². The second kappa shape index (κ2) is 7.05. The zero-order valence-corrected chi connectivity index (χ0v) is 14.2. The first-order valence-electron chi connectivity index (χ1n) is 8.51. The van der Waals surface area contributed by atoms with Crippen LogP contribution in [0.4, 0.5) is 9.18 Å². The van der Waals surface area contributed by atoms with Gasteiger partial charge in [-0.25, -0.2) is 9.18 Å². The number of rotatable bonds is 6. The molecule has 4 nitrogen and oxygen atoms in total. The van der Waals surface area contributed by atoms with Crippen LogP contribution in [-0.2, 0) is 16.9 Å². The van der Waals surface area contributed by atoms with Crippen molar-refractivity contribution in [2.24, 2.45) is 0 Å². The number of imide groups is 1. The fourth-order valence-electron chi connectivity index (χ4n) is 3.22. The lowest BCUT2D eigenvalue weighted by molar-refractivity contribution is -0.132. The predicted molar refractivity (Wildman–Crippen MR) is 93.1 cm³/mol. The molecule has 25 heavy (non-hydrogen) atoms. The van der Waals surface area contributed by atoms with E-state index in [2.05, 4.69) is 5.32 Å². The van der Waals surface area contributed by atoms with E-state index in [1.165, 1.54) is 17.0 Å². The summed E-state index contributed by atoms with van der Waals surface area (Å²) in [6.45, 7) is 2.25. The Kier molecular flexibility index (Phi) is 4.83. The van der Waals surface area contributed by atoms with E-state index in [0.29, 0.717) is 12.0 Å². The van der Waals surface area contributed by atoms with Crippen LogP contribution in [0.1, 0.15) is 37.3 Å². The van der Waals surface area contributed by atoms with E-state index < -0.39 is 11.6 Å². The molecule has 1 fully saturated rings. The average molecular weight is 340 g/mol. The molecular formula is C20H21FN2O2. The maximum absolute atomic E-state index is 13.3. The number of amides is 3. The third-order valence-corrected chi connectivity index (χ3v) is 4.60. The molecule has 3 rings (SSSR count). The van der Waals surface area contributed by atoms with Crippen LogP contribution in [0.2, 0.25) is 0 Å². The Morgan fingerprint density at radius 1 is 1.04 bits per heavy atom. The van der Waals surface area contributed by atoms with Gasteiger partial charge in [-0.05, 0) is 29.7 Å². The van der Waals surface area contributed by atoms with Crippen LogP contribution >= 0.6 is 0 Å². The van der Waals surface area contributed by atoms with Gasteiger partial charge in [-0.15, -0.1) is 0 Å². The number of hydrogen-bond donors (Lipinski definition) is 1. The zero-order chi connectivity index (χ0) is 17.9. The number of urea groups is 1. The van der Waals surface area contributed by atoms with E-state index in [1.807, 2.05) is 37.3 Å². The zero-order valence-electron chi connectivity index (χ0n) is 14.2. The van der Waals surface area contributed by atoms with Crippen LogP contribution in [0.3, 0.4) is 0 Å². The van der Waals surface area contributed by atoms with Gasteiger partial charge in [-0.1, -0.05) is 62.2 Å². The minimum absolute atomic E-state index is 0.223. The summed E-state index contributed by atoms with van der Waals surface area (Å²) in [4.78, 5) is 27.0. The van der Waals surface area contributed by atoms with Crippen molar-refractivity contribution in [3.05, 3.63) is 71.5 Å². The van der Waals surface area contributed by atoms with Crippen LogP contribution in [0.5, 0.6) is 0 Å². The number of hydrogen-bond acceptors (Lipinski definition) is 2. The molecular weight excluding hydrogens is 319 g/mol. The molecule has 0 spiro atoms. The van der Waals surface area contributed by atoms with E-state index >= 15 is 0 Å². The summed E-state index contributed by atoms with van der Waals surface area (Å²) in [5.74, 6) is -0.645. The van der Waals surface area contributed by atoms with Gasteiger partial charge in [0.2, 0.25) is 0 Å². The fraction of sp³-hybridized carbons (Fsp3) is 0.300. The third kappa shape index (κ3) is 3.27. The number of unbranched alkanes of at least 4 members (excludes halogenated alkanes) is 1. The van der Waals surface area contributed by atoms with Crippen molar-refractivity contribution in [3.8, 4) is 0 Å². The minimum atomic E-state index is -1.12. The summed E-state index contributed by atoms with van der Waals surface area (Å²) < 4.78 is 13.3. The van der Waals surface area contributed by atoms with Crippen molar-refractivity contribution in [2.45, 2.75) is 38.3 Å². The maximum atomic E-state index is 13.3. The molecule has 5 heteroatoms. The van der Waals surface area contributed by atoms with E-state index in [9.17, 15) is 14.0 Å². The Hall–Kier alpha value is -2.69.